The Bertz CT molecular complexity index is 1230. The number of hydrogen-bond donors (Lipinski definition) is 1. The number of benzene rings is 1. The van der Waals surface area contributed by atoms with Gasteiger partial charge in [0.2, 0.25) is 15.5 Å². The molecule has 1 amide bonds. The van der Waals surface area contributed by atoms with E-state index in [1.165, 1.54) is 42.5 Å². The molecule has 1 aromatic carbocycles. The summed E-state index contributed by atoms with van der Waals surface area (Å²) in [6, 6.07) is 4.63. The molecule has 36 heavy (non-hydrogen) atoms. The first-order valence-corrected chi connectivity index (χ1v) is 15.8. The molecule has 0 bridgehead atoms. The number of thioether (sulfide) groups is 1. The van der Waals surface area contributed by atoms with Gasteiger partial charge in [0, 0.05) is 43.5 Å². The number of nitrogens with zero attached hydrogens (tertiary/aromatic N) is 2. The van der Waals surface area contributed by atoms with E-state index in [1.807, 2.05) is 11.8 Å². The molecule has 7 nitrogen and oxygen atoms in total. The third-order valence-corrected chi connectivity index (χ3v) is 11.1. The first kappa shape index (κ1) is 27.2. The van der Waals surface area contributed by atoms with E-state index < -0.39 is 21.4 Å². The van der Waals surface area contributed by atoms with E-state index in [2.05, 4.69) is 5.32 Å². The van der Waals surface area contributed by atoms with Gasteiger partial charge >= 0.3 is 0 Å². The number of aryl methyl sites for hydroxylation is 1. The second-order valence-corrected chi connectivity index (χ2v) is 13.6. The number of fused-ring (bicyclic) bond motifs is 1. The Morgan fingerprint density at radius 3 is 2.44 bits per heavy atom. The summed E-state index contributed by atoms with van der Waals surface area (Å²) in [5.74, 6) is 0.587. The lowest BCUT2D eigenvalue weighted by atomic mass is 9.96. The highest BCUT2D eigenvalue weighted by Gasteiger charge is 2.29. The van der Waals surface area contributed by atoms with Crippen LogP contribution in [0.3, 0.4) is 0 Å². The molecular formula is C27H39N3O4S2. The molecule has 2 aliphatic carbocycles. The fourth-order valence-corrected chi connectivity index (χ4v) is 8.21. The Kier molecular flexibility index (Phi) is 9.17. The molecule has 2 saturated carbocycles. The summed E-state index contributed by atoms with van der Waals surface area (Å²) in [6.45, 7) is 0.514. The van der Waals surface area contributed by atoms with E-state index >= 15 is 0 Å². The smallest absolute Gasteiger partial charge is 0.256 e. The van der Waals surface area contributed by atoms with Crippen molar-refractivity contribution in [3.05, 3.63) is 40.2 Å². The zero-order chi connectivity index (χ0) is 25.7. The van der Waals surface area contributed by atoms with Gasteiger partial charge in [0.1, 0.15) is 5.56 Å². The van der Waals surface area contributed by atoms with E-state index in [4.69, 9.17) is 0 Å². The number of pyridine rings is 1. The van der Waals surface area contributed by atoms with Crippen molar-refractivity contribution < 1.29 is 13.2 Å². The highest BCUT2D eigenvalue weighted by molar-refractivity contribution is 7.99. The van der Waals surface area contributed by atoms with Gasteiger partial charge in [0.15, 0.2) is 0 Å². The second kappa shape index (κ2) is 12.1. The molecule has 2 fully saturated rings. The van der Waals surface area contributed by atoms with Crippen LogP contribution in [0.15, 0.2) is 34.1 Å². The van der Waals surface area contributed by atoms with Crippen LogP contribution in [-0.2, 0) is 17.1 Å². The van der Waals surface area contributed by atoms with Gasteiger partial charge in [-0.05, 0) is 56.1 Å². The number of rotatable bonds is 9. The minimum atomic E-state index is -3.74. The molecule has 198 valence electrons. The second-order valence-electron chi connectivity index (χ2n) is 10.2. The van der Waals surface area contributed by atoms with Crippen molar-refractivity contribution in [2.45, 2.75) is 86.8 Å². The normalized spacial score (nSPS) is 18.1. The highest BCUT2D eigenvalue weighted by Crippen LogP contribution is 2.29. The average Bonchev–Trinajstić information content (AvgIpc) is 2.90. The largest absolute Gasteiger partial charge is 0.352 e. The third kappa shape index (κ3) is 6.17. The summed E-state index contributed by atoms with van der Waals surface area (Å²) in [6.07, 6.45) is 13.9. The monoisotopic (exact) mass is 533 g/mol. The molecule has 0 unspecified atom stereocenters. The minimum absolute atomic E-state index is 0.0179. The molecule has 4 rings (SSSR count). The van der Waals surface area contributed by atoms with E-state index in [-0.39, 0.29) is 21.9 Å². The van der Waals surface area contributed by atoms with Crippen molar-refractivity contribution >= 4 is 38.6 Å². The van der Waals surface area contributed by atoms with Crippen LogP contribution in [0.5, 0.6) is 0 Å². The number of sulfonamides is 1. The molecule has 1 N–H and O–H groups in total. The van der Waals surface area contributed by atoms with Crippen LogP contribution in [0.25, 0.3) is 10.9 Å². The van der Waals surface area contributed by atoms with Gasteiger partial charge in [-0.1, -0.05) is 38.5 Å². The quantitative estimate of drug-likeness (QED) is 0.473. The lowest BCUT2D eigenvalue weighted by Crippen LogP contribution is -2.38. The standard InChI is InChI=1S/C27H39N3O4S2/c1-29-19-24(27(32)28-16-9-17-35-21-12-7-4-8-13-21)26(31)23-18-22(14-15-25(23)29)36(33,34)30(2)20-10-5-3-6-11-20/h14-15,18-21H,3-13,16-17H2,1-2H3,(H,28,32). The van der Waals surface area contributed by atoms with Gasteiger partial charge < -0.3 is 9.88 Å². The van der Waals surface area contributed by atoms with Crippen LogP contribution >= 0.6 is 11.8 Å². The lowest BCUT2D eigenvalue weighted by Gasteiger charge is -2.30. The van der Waals surface area contributed by atoms with E-state index in [0.29, 0.717) is 12.1 Å². The number of carbonyl (C=O) groups is 1. The summed E-state index contributed by atoms with van der Waals surface area (Å²) in [5.41, 5.74) is 0.203. The zero-order valence-corrected chi connectivity index (χ0v) is 23.1. The lowest BCUT2D eigenvalue weighted by molar-refractivity contribution is 0.0952. The molecule has 0 radical (unpaired) electrons. The van der Waals surface area contributed by atoms with E-state index in [1.54, 1.807) is 37.0 Å². The van der Waals surface area contributed by atoms with Gasteiger partial charge in [-0.15, -0.1) is 0 Å². The maximum atomic E-state index is 13.3. The summed E-state index contributed by atoms with van der Waals surface area (Å²) < 4.78 is 29.9. The Hall–Kier alpha value is -1.84. The predicted molar refractivity (Wildman–Crippen MR) is 147 cm³/mol. The van der Waals surface area contributed by atoms with Crippen molar-refractivity contribution in [1.82, 2.24) is 14.2 Å². The van der Waals surface area contributed by atoms with Crippen molar-refractivity contribution in [2.75, 3.05) is 19.3 Å². The van der Waals surface area contributed by atoms with Gasteiger partial charge in [-0.2, -0.15) is 16.1 Å². The van der Waals surface area contributed by atoms with Gasteiger partial charge in [-0.3, -0.25) is 9.59 Å². The molecule has 0 aliphatic heterocycles. The van der Waals surface area contributed by atoms with E-state index in [0.717, 1.165) is 49.5 Å². The maximum Gasteiger partial charge on any atom is 0.256 e. The fourth-order valence-electron chi connectivity index (χ4n) is 5.45. The first-order valence-electron chi connectivity index (χ1n) is 13.3. The highest BCUT2D eigenvalue weighted by atomic mass is 32.2. The van der Waals surface area contributed by atoms with Crippen LogP contribution in [-0.4, -0.2) is 53.8 Å². The van der Waals surface area contributed by atoms with Crippen molar-refractivity contribution in [3.63, 3.8) is 0 Å². The summed E-state index contributed by atoms with van der Waals surface area (Å²) in [7, 11) is -0.346. The van der Waals surface area contributed by atoms with Gasteiger partial charge in [0.05, 0.1) is 10.4 Å². The Labute approximate surface area is 219 Å². The van der Waals surface area contributed by atoms with Crippen molar-refractivity contribution in [2.24, 2.45) is 7.05 Å². The molecular weight excluding hydrogens is 494 g/mol. The van der Waals surface area contributed by atoms with Crippen LogP contribution in [0.1, 0.15) is 81.0 Å². The number of amides is 1. The number of nitrogens with one attached hydrogen (secondary N) is 1. The molecule has 2 aromatic rings. The summed E-state index contributed by atoms with van der Waals surface area (Å²) >= 11 is 1.99. The molecule has 0 spiro atoms. The SMILES string of the molecule is CN(C1CCCCC1)S(=O)(=O)c1ccc2c(c1)c(=O)c(C(=O)NCCCSC1CCCCC1)cn2C. The van der Waals surface area contributed by atoms with E-state index in [9.17, 15) is 18.0 Å². The van der Waals surface area contributed by atoms with Crippen LogP contribution in [0.2, 0.25) is 0 Å². The Balaban J connectivity index is 1.47. The van der Waals surface area contributed by atoms with Crippen LogP contribution in [0.4, 0.5) is 0 Å². The molecule has 1 heterocycles. The van der Waals surface area contributed by atoms with Crippen molar-refractivity contribution in [3.8, 4) is 0 Å². The molecule has 2 aliphatic rings. The maximum absolute atomic E-state index is 13.3. The zero-order valence-electron chi connectivity index (χ0n) is 21.5. The van der Waals surface area contributed by atoms with Crippen molar-refractivity contribution in [1.29, 1.82) is 0 Å². The summed E-state index contributed by atoms with van der Waals surface area (Å²) in [4.78, 5) is 26.2. The topological polar surface area (TPSA) is 88.5 Å². The molecule has 9 heteroatoms. The Morgan fingerprint density at radius 2 is 1.75 bits per heavy atom. The number of aromatic nitrogens is 1. The average molecular weight is 534 g/mol. The Morgan fingerprint density at radius 1 is 1.08 bits per heavy atom. The van der Waals surface area contributed by atoms with Gasteiger partial charge in [0.25, 0.3) is 5.91 Å². The third-order valence-electron chi connectivity index (χ3n) is 7.68. The fraction of sp³-hybridized carbons (Fsp3) is 0.630. The van der Waals surface area contributed by atoms with Gasteiger partial charge in [-0.25, -0.2) is 8.42 Å². The molecule has 0 saturated heterocycles. The summed E-state index contributed by atoms with van der Waals surface area (Å²) in [5, 5.41) is 3.87. The predicted octanol–water partition coefficient (Wildman–Crippen LogP) is 4.68. The van der Waals surface area contributed by atoms with Crippen LogP contribution < -0.4 is 10.7 Å². The first-order chi connectivity index (χ1) is 17.3. The molecule has 0 atom stereocenters. The minimum Gasteiger partial charge on any atom is -0.352 e. The molecule has 1 aromatic heterocycles. The number of carbonyl (C=O) groups excluding carboxylic acids is 1. The number of hydrogen-bond acceptors (Lipinski definition) is 5. The van der Waals surface area contributed by atoms with Crippen LogP contribution in [0, 0.1) is 0 Å².